The Kier molecular flexibility index (Phi) is 5.37. The number of hydrogen-bond acceptors (Lipinski definition) is 5. The van der Waals surface area contributed by atoms with Gasteiger partial charge in [-0.05, 0) is 55.3 Å². The number of esters is 1. The Morgan fingerprint density at radius 3 is 2.46 bits per heavy atom. The summed E-state index contributed by atoms with van der Waals surface area (Å²) in [6, 6.07) is 7.51. The minimum absolute atomic E-state index is 0.0770. The molecule has 0 spiro atoms. The van der Waals surface area contributed by atoms with Crippen LogP contribution >= 0.6 is 11.3 Å². The molecule has 5 nitrogen and oxygen atoms in total. The summed E-state index contributed by atoms with van der Waals surface area (Å²) in [6.45, 7) is 3.31. The van der Waals surface area contributed by atoms with Crippen molar-refractivity contribution in [3.05, 3.63) is 58.7 Å². The van der Waals surface area contributed by atoms with E-state index in [-0.39, 0.29) is 5.56 Å². The highest BCUT2D eigenvalue weighted by Crippen LogP contribution is 2.30. The van der Waals surface area contributed by atoms with E-state index in [9.17, 15) is 22.8 Å². The molecule has 0 radical (unpaired) electrons. The molecule has 0 saturated heterocycles. The maximum atomic E-state index is 12.5. The molecule has 0 aliphatic heterocycles. The zero-order valence-electron chi connectivity index (χ0n) is 14.9. The predicted octanol–water partition coefficient (Wildman–Crippen LogP) is 4.73. The average molecular weight is 408 g/mol. The molecule has 146 valence electrons. The first-order valence-electron chi connectivity index (χ1n) is 8.15. The Bertz CT molecular complexity index is 1040. The third kappa shape index (κ3) is 4.48. The van der Waals surface area contributed by atoms with Crippen LogP contribution in [0.25, 0.3) is 10.2 Å². The Balaban J connectivity index is 1.59. The van der Waals surface area contributed by atoms with Crippen molar-refractivity contribution in [2.75, 3.05) is 11.9 Å². The van der Waals surface area contributed by atoms with Crippen molar-refractivity contribution in [3.8, 4) is 0 Å². The molecular formula is C19H15F3N2O3S. The van der Waals surface area contributed by atoms with Gasteiger partial charge < -0.3 is 4.74 Å². The van der Waals surface area contributed by atoms with Crippen LogP contribution in [-0.4, -0.2) is 23.5 Å². The van der Waals surface area contributed by atoms with Gasteiger partial charge in [-0.1, -0.05) is 17.4 Å². The number of thiazole rings is 1. The highest BCUT2D eigenvalue weighted by molar-refractivity contribution is 7.22. The Morgan fingerprint density at radius 1 is 1.14 bits per heavy atom. The van der Waals surface area contributed by atoms with Crippen molar-refractivity contribution in [1.29, 1.82) is 0 Å². The highest BCUT2D eigenvalue weighted by atomic mass is 32.1. The predicted molar refractivity (Wildman–Crippen MR) is 99.5 cm³/mol. The maximum absolute atomic E-state index is 12.5. The van der Waals surface area contributed by atoms with E-state index in [1.165, 1.54) is 11.3 Å². The number of hydrogen-bond donors (Lipinski definition) is 1. The number of aryl methyl sites for hydroxylation is 2. The molecule has 2 aromatic carbocycles. The standard InChI is InChI=1S/C19H15F3N2O3S/c1-10-7-11(2)16-14(8-10)28-18(24-16)23-15(25)9-27-17(26)12-3-5-13(6-4-12)19(20,21)22/h3-8H,9H2,1-2H3,(H,23,24,25). The number of fused-ring (bicyclic) bond motifs is 1. The molecule has 9 heteroatoms. The van der Waals surface area contributed by atoms with E-state index in [0.717, 1.165) is 45.6 Å². The fraction of sp³-hybridized carbons (Fsp3) is 0.211. The third-order valence-corrected chi connectivity index (χ3v) is 4.78. The molecule has 1 heterocycles. The van der Waals surface area contributed by atoms with Gasteiger partial charge in [-0.15, -0.1) is 0 Å². The van der Waals surface area contributed by atoms with Gasteiger partial charge in [0.1, 0.15) is 0 Å². The van der Waals surface area contributed by atoms with Gasteiger partial charge in [0.05, 0.1) is 21.3 Å². The van der Waals surface area contributed by atoms with Gasteiger partial charge in [0.25, 0.3) is 5.91 Å². The lowest BCUT2D eigenvalue weighted by Crippen LogP contribution is -2.20. The summed E-state index contributed by atoms with van der Waals surface area (Å²) in [6.07, 6.45) is -4.49. The van der Waals surface area contributed by atoms with Crippen LogP contribution < -0.4 is 5.32 Å². The number of ether oxygens (including phenoxy) is 1. The van der Waals surface area contributed by atoms with Gasteiger partial charge >= 0.3 is 12.1 Å². The van der Waals surface area contributed by atoms with E-state index >= 15 is 0 Å². The number of alkyl halides is 3. The summed E-state index contributed by atoms with van der Waals surface area (Å²) in [5.74, 6) is -1.48. The summed E-state index contributed by atoms with van der Waals surface area (Å²) >= 11 is 1.30. The Morgan fingerprint density at radius 2 is 1.82 bits per heavy atom. The van der Waals surface area contributed by atoms with E-state index in [2.05, 4.69) is 10.3 Å². The number of nitrogens with zero attached hydrogens (tertiary/aromatic N) is 1. The van der Waals surface area contributed by atoms with Crippen LogP contribution in [0.4, 0.5) is 18.3 Å². The fourth-order valence-corrected chi connectivity index (χ4v) is 3.65. The van der Waals surface area contributed by atoms with Crippen LogP contribution in [0.5, 0.6) is 0 Å². The lowest BCUT2D eigenvalue weighted by Gasteiger charge is -2.08. The first-order chi connectivity index (χ1) is 13.1. The van der Waals surface area contributed by atoms with E-state index < -0.39 is 30.2 Å². The minimum Gasteiger partial charge on any atom is -0.452 e. The van der Waals surface area contributed by atoms with Gasteiger partial charge in [-0.3, -0.25) is 10.1 Å². The van der Waals surface area contributed by atoms with Crippen LogP contribution in [-0.2, 0) is 15.7 Å². The van der Waals surface area contributed by atoms with Crippen molar-refractivity contribution in [2.45, 2.75) is 20.0 Å². The molecule has 0 aliphatic carbocycles. The second-order valence-corrected chi connectivity index (χ2v) is 7.18. The number of rotatable bonds is 4. The molecule has 1 amide bonds. The molecule has 0 atom stereocenters. The van der Waals surface area contributed by atoms with E-state index in [1.807, 2.05) is 26.0 Å². The van der Waals surface area contributed by atoms with Gasteiger partial charge in [-0.25, -0.2) is 9.78 Å². The zero-order chi connectivity index (χ0) is 20.5. The van der Waals surface area contributed by atoms with E-state index in [1.54, 1.807) is 0 Å². The second-order valence-electron chi connectivity index (χ2n) is 6.15. The lowest BCUT2D eigenvalue weighted by atomic mass is 10.1. The van der Waals surface area contributed by atoms with Crippen molar-refractivity contribution in [2.24, 2.45) is 0 Å². The summed E-state index contributed by atoms with van der Waals surface area (Å²) in [5, 5.41) is 2.93. The number of carbonyl (C=O) groups excluding carboxylic acids is 2. The van der Waals surface area contributed by atoms with Crippen LogP contribution in [0, 0.1) is 13.8 Å². The number of nitrogens with one attached hydrogen (secondary N) is 1. The molecule has 0 fully saturated rings. The van der Waals surface area contributed by atoms with Crippen LogP contribution in [0.2, 0.25) is 0 Å². The number of benzene rings is 2. The summed E-state index contributed by atoms with van der Waals surface area (Å²) < 4.78 is 43.4. The molecule has 0 aliphatic rings. The maximum Gasteiger partial charge on any atom is 0.416 e. The van der Waals surface area contributed by atoms with Crippen molar-refractivity contribution < 1.29 is 27.5 Å². The van der Waals surface area contributed by atoms with Crippen molar-refractivity contribution >= 4 is 38.6 Å². The molecular weight excluding hydrogens is 393 g/mol. The molecule has 3 rings (SSSR count). The van der Waals surface area contributed by atoms with Gasteiger partial charge in [0, 0.05) is 0 Å². The monoisotopic (exact) mass is 408 g/mol. The summed E-state index contributed by atoms with van der Waals surface area (Å²) in [5.41, 5.74) is 1.90. The largest absolute Gasteiger partial charge is 0.452 e. The van der Waals surface area contributed by atoms with Crippen molar-refractivity contribution in [1.82, 2.24) is 4.98 Å². The number of aromatic nitrogens is 1. The van der Waals surface area contributed by atoms with E-state index in [4.69, 9.17) is 4.74 Å². The fourth-order valence-electron chi connectivity index (χ4n) is 2.59. The van der Waals surface area contributed by atoms with Crippen LogP contribution in [0.15, 0.2) is 36.4 Å². The third-order valence-electron chi connectivity index (χ3n) is 3.86. The highest BCUT2D eigenvalue weighted by Gasteiger charge is 2.30. The van der Waals surface area contributed by atoms with Gasteiger partial charge in [0.15, 0.2) is 11.7 Å². The number of halogens is 3. The summed E-state index contributed by atoms with van der Waals surface area (Å²) in [7, 11) is 0. The quantitative estimate of drug-likeness (QED) is 0.634. The van der Waals surface area contributed by atoms with Crippen LogP contribution in [0.1, 0.15) is 27.0 Å². The first kappa shape index (κ1) is 19.8. The number of anilines is 1. The van der Waals surface area contributed by atoms with Gasteiger partial charge in [0.2, 0.25) is 0 Å². The van der Waals surface area contributed by atoms with Crippen LogP contribution in [0.3, 0.4) is 0 Å². The molecule has 0 bridgehead atoms. The van der Waals surface area contributed by atoms with Gasteiger partial charge in [-0.2, -0.15) is 13.2 Å². The number of carbonyl (C=O) groups is 2. The smallest absolute Gasteiger partial charge is 0.416 e. The summed E-state index contributed by atoms with van der Waals surface area (Å²) in [4.78, 5) is 28.2. The molecule has 1 aromatic heterocycles. The minimum atomic E-state index is -4.49. The molecule has 1 N–H and O–H groups in total. The Hall–Kier alpha value is -2.94. The average Bonchev–Trinajstić information content (AvgIpc) is 3.01. The molecule has 3 aromatic rings. The Labute approximate surface area is 162 Å². The van der Waals surface area contributed by atoms with Crippen molar-refractivity contribution in [3.63, 3.8) is 0 Å². The first-order valence-corrected chi connectivity index (χ1v) is 8.97. The molecule has 0 unspecified atom stereocenters. The second kappa shape index (κ2) is 7.59. The SMILES string of the molecule is Cc1cc(C)c2nc(NC(=O)COC(=O)c3ccc(C(F)(F)F)cc3)sc2c1. The lowest BCUT2D eigenvalue weighted by molar-refractivity contribution is -0.137. The number of amides is 1. The normalized spacial score (nSPS) is 11.5. The zero-order valence-corrected chi connectivity index (χ0v) is 15.7. The topological polar surface area (TPSA) is 68.3 Å². The molecule has 28 heavy (non-hydrogen) atoms. The van der Waals surface area contributed by atoms with E-state index in [0.29, 0.717) is 5.13 Å². The molecule has 0 saturated carbocycles.